The number of hydrogen-bond acceptors (Lipinski definition) is 10. The minimum Gasteiger partial charge on any atom is -0.497 e. The average Bonchev–Trinajstić information content (AvgIpc) is 3.30. The molecule has 0 saturated heterocycles. The molecule has 0 saturated carbocycles. The Morgan fingerprint density at radius 2 is 1.00 bits per heavy atom. The number of methoxy groups -OCH3 is 2. The van der Waals surface area contributed by atoms with Gasteiger partial charge in [0, 0.05) is 44.9 Å². The monoisotopic (exact) mass is 918 g/mol. The second-order valence-corrected chi connectivity index (χ2v) is 14.7. The zero-order chi connectivity index (χ0) is 45.2. The van der Waals surface area contributed by atoms with Crippen LogP contribution in [-0.4, -0.2) is 93.8 Å². The lowest BCUT2D eigenvalue weighted by molar-refractivity contribution is 0.0820. The lowest BCUT2D eigenvalue weighted by Gasteiger charge is -2.15. The fourth-order valence-corrected chi connectivity index (χ4v) is 6.16. The first-order chi connectivity index (χ1) is 29.8. The Balaban J connectivity index is 0.000000268. The molecule has 0 aromatic heterocycles. The zero-order valence-corrected chi connectivity index (χ0v) is 36.9. The number of ether oxygens (including phenoxy) is 4. The summed E-state index contributed by atoms with van der Waals surface area (Å²) in [5, 5.41) is 17.6. The summed E-state index contributed by atoms with van der Waals surface area (Å²) in [5.41, 5.74) is 6.15. The van der Waals surface area contributed by atoms with Crippen molar-refractivity contribution in [3.05, 3.63) is 171 Å². The maximum atomic E-state index is 12.1. The Bertz CT molecular complexity index is 2390. The summed E-state index contributed by atoms with van der Waals surface area (Å²) >= 11 is 3.38. The number of carbonyl (C=O) groups excluding carboxylic acids is 4. The van der Waals surface area contributed by atoms with Crippen molar-refractivity contribution in [1.82, 2.24) is 9.80 Å². The van der Waals surface area contributed by atoms with E-state index >= 15 is 0 Å². The van der Waals surface area contributed by atoms with E-state index in [1.165, 1.54) is 21.9 Å². The van der Waals surface area contributed by atoms with Crippen molar-refractivity contribution in [2.75, 3.05) is 42.4 Å². The largest absolute Gasteiger partial charge is 0.497 e. The van der Waals surface area contributed by atoms with E-state index in [2.05, 4.69) is 15.9 Å². The van der Waals surface area contributed by atoms with Crippen LogP contribution in [0.3, 0.4) is 0 Å². The molecule has 328 valence electrons. The van der Waals surface area contributed by atoms with Crippen LogP contribution in [0.4, 0.5) is 0 Å². The molecular formula is C49H52BBrN2O10. The molecule has 0 unspecified atom stereocenters. The van der Waals surface area contributed by atoms with E-state index in [-0.39, 0.29) is 19.2 Å². The topological polar surface area (TPSA) is 152 Å². The summed E-state index contributed by atoms with van der Waals surface area (Å²) in [6.45, 7) is 0.715. The van der Waals surface area contributed by atoms with Gasteiger partial charge in [-0.15, -0.1) is 0 Å². The van der Waals surface area contributed by atoms with Gasteiger partial charge in [-0.2, -0.15) is 0 Å². The van der Waals surface area contributed by atoms with Gasteiger partial charge in [0.1, 0.15) is 36.2 Å². The molecule has 14 heteroatoms. The fourth-order valence-electron chi connectivity index (χ4n) is 5.67. The van der Waals surface area contributed by atoms with E-state index in [9.17, 15) is 19.2 Å². The van der Waals surface area contributed by atoms with Crippen LogP contribution in [-0.2, 0) is 13.2 Å². The normalized spacial score (nSPS) is 9.92. The number of carbonyl (C=O) groups is 4. The smallest absolute Gasteiger partial charge is 0.488 e. The van der Waals surface area contributed by atoms with Gasteiger partial charge in [0.05, 0.1) is 29.8 Å². The summed E-state index contributed by atoms with van der Waals surface area (Å²) in [7, 11) is 8.52. The van der Waals surface area contributed by atoms with Crippen molar-refractivity contribution in [2.45, 2.75) is 20.6 Å². The molecule has 0 atom stereocenters. The molecule has 0 aliphatic rings. The number of amides is 2. The molecule has 63 heavy (non-hydrogen) atoms. The lowest BCUT2D eigenvalue weighted by Crippen LogP contribution is -2.30. The van der Waals surface area contributed by atoms with Crippen molar-refractivity contribution in [3.8, 4) is 34.1 Å². The molecule has 0 heterocycles. The third-order valence-corrected chi connectivity index (χ3v) is 9.72. The quantitative estimate of drug-likeness (QED) is 0.0813. The standard InChI is InChI=1S/C24H23NO4.C15H13BrO3.C9H12BNO3.CH4/c1-25(2)24(27)19-11-9-18(10-12-19)22-6-4-5-20(15-26)23(22)29-16-17-7-13-21(28-3)14-8-17;1-18-13-7-5-11(6-8-13)10-19-15-12(9-17)3-2-4-14(15)16;1-11(2)9(12)7-3-5-8(6-4-7)10(13)14;/h4-15H,16H2,1-3H3;2-9H,10H2,1H3;3-6,13-14H,1-2H3;1H4. The molecule has 6 rings (SSSR count). The van der Waals surface area contributed by atoms with Gasteiger partial charge >= 0.3 is 7.12 Å². The van der Waals surface area contributed by atoms with Crippen LogP contribution in [0.15, 0.2) is 138 Å². The SMILES string of the molecule is C.CN(C)C(=O)c1ccc(B(O)O)cc1.COc1ccc(COc2c(Br)cccc2C=O)cc1.COc1ccc(COc2c(C=O)cccc2-c2ccc(C(=O)N(C)C)cc2)cc1. The number of rotatable bonds is 14. The molecule has 12 nitrogen and oxygen atoms in total. The summed E-state index contributed by atoms with van der Waals surface area (Å²) in [6, 6.07) is 39.4. The molecule has 6 aromatic carbocycles. The highest BCUT2D eigenvalue weighted by Gasteiger charge is 2.15. The first-order valence-electron chi connectivity index (χ1n) is 19.1. The number of nitrogens with zero attached hydrogens (tertiary/aromatic N) is 2. The van der Waals surface area contributed by atoms with Crippen molar-refractivity contribution >= 4 is 52.9 Å². The zero-order valence-electron chi connectivity index (χ0n) is 35.3. The third kappa shape index (κ3) is 14.7. The van der Waals surface area contributed by atoms with Crippen LogP contribution in [0.1, 0.15) is 60.0 Å². The van der Waals surface area contributed by atoms with E-state index in [1.807, 2.05) is 78.9 Å². The molecule has 0 aliphatic carbocycles. The summed E-state index contributed by atoms with van der Waals surface area (Å²) in [6.07, 6.45) is 1.57. The van der Waals surface area contributed by atoms with Crippen LogP contribution in [0.5, 0.6) is 23.0 Å². The molecule has 2 amide bonds. The van der Waals surface area contributed by atoms with E-state index in [0.717, 1.165) is 50.8 Å². The van der Waals surface area contributed by atoms with Crippen LogP contribution < -0.4 is 24.4 Å². The molecule has 0 aliphatic heterocycles. The number of benzene rings is 6. The van der Waals surface area contributed by atoms with Gasteiger partial charge in [0.2, 0.25) is 0 Å². The number of para-hydroxylation sites is 2. The maximum Gasteiger partial charge on any atom is 0.488 e. The molecule has 0 spiro atoms. The van der Waals surface area contributed by atoms with E-state index in [0.29, 0.717) is 52.4 Å². The van der Waals surface area contributed by atoms with Crippen LogP contribution in [0, 0.1) is 0 Å². The second-order valence-electron chi connectivity index (χ2n) is 13.9. The number of hydrogen-bond donors (Lipinski definition) is 2. The highest BCUT2D eigenvalue weighted by Crippen LogP contribution is 2.34. The predicted octanol–water partition coefficient (Wildman–Crippen LogP) is 8.01. The minimum atomic E-state index is -1.49. The first kappa shape index (κ1) is 50.6. The first-order valence-corrected chi connectivity index (χ1v) is 19.9. The Morgan fingerprint density at radius 3 is 1.41 bits per heavy atom. The highest BCUT2D eigenvalue weighted by molar-refractivity contribution is 9.10. The summed E-state index contributed by atoms with van der Waals surface area (Å²) in [5.74, 6) is 2.49. The maximum absolute atomic E-state index is 12.1. The Morgan fingerprint density at radius 1 is 0.587 bits per heavy atom. The molecular weight excluding hydrogens is 867 g/mol. The molecule has 2 N–H and O–H groups in total. The Kier molecular flexibility index (Phi) is 20.3. The molecule has 0 fully saturated rings. The van der Waals surface area contributed by atoms with Crippen molar-refractivity contribution in [2.24, 2.45) is 0 Å². The Labute approximate surface area is 377 Å². The number of halogens is 1. The fraction of sp³-hybridized carbons (Fsp3) is 0.184. The van der Waals surface area contributed by atoms with E-state index < -0.39 is 7.12 Å². The van der Waals surface area contributed by atoms with Gasteiger partial charge < -0.3 is 38.8 Å². The lowest BCUT2D eigenvalue weighted by atomic mass is 9.80. The van der Waals surface area contributed by atoms with E-state index in [1.54, 1.807) is 84.9 Å². The predicted molar refractivity (Wildman–Crippen MR) is 250 cm³/mol. The van der Waals surface area contributed by atoms with Gasteiger partial charge in [-0.1, -0.05) is 74.2 Å². The van der Waals surface area contributed by atoms with Crippen molar-refractivity contribution in [3.63, 3.8) is 0 Å². The average molecular weight is 920 g/mol. The van der Waals surface area contributed by atoms with Crippen LogP contribution in [0.25, 0.3) is 11.1 Å². The van der Waals surface area contributed by atoms with Gasteiger partial charge in [-0.25, -0.2) is 0 Å². The highest BCUT2D eigenvalue weighted by atomic mass is 79.9. The van der Waals surface area contributed by atoms with Gasteiger partial charge in [0.15, 0.2) is 12.6 Å². The third-order valence-electron chi connectivity index (χ3n) is 9.09. The minimum absolute atomic E-state index is 0. The van der Waals surface area contributed by atoms with Gasteiger partial charge in [0.25, 0.3) is 11.8 Å². The van der Waals surface area contributed by atoms with Crippen LogP contribution in [0.2, 0.25) is 0 Å². The van der Waals surface area contributed by atoms with Crippen molar-refractivity contribution in [1.29, 1.82) is 0 Å². The van der Waals surface area contributed by atoms with Crippen molar-refractivity contribution < 1.29 is 48.2 Å². The Hall–Kier alpha value is -6.74. The number of aldehydes is 2. The second kappa shape index (κ2) is 25.3. The molecule has 6 aromatic rings. The van der Waals surface area contributed by atoms with E-state index in [4.69, 9.17) is 29.0 Å². The summed E-state index contributed by atoms with van der Waals surface area (Å²) < 4.78 is 22.8. The summed E-state index contributed by atoms with van der Waals surface area (Å²) in [4.78, 5) is 49.1. The molecule has 0 bridgehead atoms. The van der Waals surface area contributed by atoms with Gasteiger partial charge in [-0.05, 0) is 105 Å². The van der Waals surface area contributed by atoms with Crippen LogP contribution >= 0.6 is 15.9 Å². The van der Waals surface area contributed by atoms with Gasteiger partial charge in [-0.3, -0.25) is 19.2 Å². The molecule has 0 radical (unpaired) electrons.